The number of hydrogen-bond donors (Lipinski definition) is 1. The van der Waals surface area contributed by atoms with E-state index < -0.39 is 5.72 Å². The minimum absolute atomic E-state index is 0.192. The van der Waals surface area contributed by atoms with E-state index in [1.807, 2.05) is 0 Å². The minimum atomic E-state index is -0.550. The van der Waals surface area contributed by atoms with Gasteiger partial charge in [0, 0.05) is 0 Å². The Morgan fingerprint density at radius 3 is 1.78 bits per heavy atom. The fourth-order valence-corrected chi connectivity index (χ4v) is 2.22. The van der Waals surface area contributed by atoms with Crippen molar-refractivity contribution >= 4 is 0 Å². The summed E-state index contributed by atoms with van der Waals surface area (Å²) < 4.78 is 5.60. The van der Waals surface area contributed by atoms with Gasteiger partial charge in [0.15, 0.2) is 0 Å². The van der Waals surface area contributed by atoms with Gasteiger partial charge in [-0.05, 0) is 25.7 Å². The molecule has 109 valence electrons. The van der Waals surface area contributed by atoms with E-state index in [4.69, 9.17) is 10.5 Å². The first-order valence-electron chi connectivity index (χ1n) is 7.69. The van der Waals surface area contributed by atoms with Crippen LogP contribution in [0.15, 0.2) is 0 Å². The Labute approximate surface area is 113 Å². The molecule has 0 aromatic heterocycles. The van der Waals surface area contributed by atoms with Crippen LogP contribution in [0.2, 0.25) is 0 Å². The van der Waals surface area contributed by atoms with Crippen molar-refractivity contribution in [2.45, 2.75) is 83.8 Å². The van der Waals surface area contributed by atoms with Crippen LogP contribution in [0.1, 0.15) is 78.1 Å². The lowest BCUT2D eigenvalue weighted by Gasteiger charge is -2.29. The third-order valence-electron chi connectivity index (χ3n) is 3.38. The second-order valence-corrected chi connectivity index (χ2v) is 5.24. The molecule has 3 heteroatoms. The van der Waals surface area contributed by atoms with Gasteiger partial charge < -0.3 is 10.5 Å². The van der Waals surface area contributed by atoms with E-state index in [1.54, 1.807) is 0 Å². The Kier molecular flexibility index (Phi) is 11.9. The van der Waals surface area contributed by atoms with Crippen molar-refractivity contribution < 1.29 is 9.84 Å². The molecule has 0 aliphatic rings. The third kappa shape index (κ3) is 9.86. The van der Waals surface area contributed by atoms with Crippen LogP contribution < -0.4 is 5.73 Å². The van der Waals surface area contributed by atoms with Gasteiger partial charge in [0.05, 0.1) is 6.61 Å². The topological polar surface area (TPSA) is 55.1 Å². The zero-order valence-electron chi connectivity index (χ0n) is 12.4. The highest BCUT2D eigenvalue weighted by Gasteiger charge is 2.24. The van der Waals surface area contributed by atoms with E-state index in [0.29, 0.717) is 0 Å². The molecule has 18 heavy (non-hydrogen) atoms. The molecule has 0 fully saturated rings. The van der Waals surface area contributed by atoms with Crippen LogP contribution in [0.4, 0.5) is 0 Å². The first-order valence-corrected chi connectivity index (χ1v) is 7.69. The van der Waals surface area contributed by atoms with E-state index in [-0.39, 0.29) is 13.2 Å². The second-order valence-electron chi connectivity index (χ2n) is 5.24. The average Bonchev–Trinajstić information content (AvgIpc) is 2.38. The van der Waals surface area contributed by atoms with Crippen molar-refractivity contribution in [1.82, 2.24) is 0 Å². The monoisotopic (exact) mass is 258 g/mol. The van der Waals surface area contributed by atoms with Gasteiger partial charge in [-0.25, -0.2) is 5.11 Å². The fourth-order valence-electron chi connectivity index (χ4n) is 2.22. The molecule has 0 saturated carbocycles. The average molecular weight is 258 g/mol. The predicted molar refractivity (Wildman–Crippen MR) is 75.9 cm³/mol. The van der Waals surface area contributed by atoms with Gasteiger partial charge in [-0.2, -0.15) is 0 Å². The summed E-state index contributed by atoms with van der Waals surface area (Å²) in [6, 6.07) is 0. The molecular weight excluding hydrogens is 226 g/mol. The van der Waals surface area contributed by atoms with E-state index in [1.165, 1.54) is 38.5 Å². The molecule has 0 aromatic carbocycles. The van der Waals surface area contributed by atoms with Gasteiger partial charge in [-0.1, -0.05) is 52.4 Å². The van der Waals surface area contributed by atoms with Crippen molar-refractivity contribution in [1.29, 1.82) is 0 Å². The van der Waals surface area contributed by atoms with Crippen molar-refractivity contribution in [3.8, 4) is 0 Å². The van der Waals surface area contributed by atoms with Crippen LogP contribution >= 0.6 is 0 Å². The fraction of sp³-hybridized carbons (Fsp3) is 1.00. The summed E-state index contributed by atoms with van der Waals surface area (Å²) in [6.07, 6.45) is 11.4. The zero-order valence-corrected chi connectivity index (χ0v) is 12.4. The van der Waals surface area contributed by atoms with Gasteiger partial charge >= 0.3 is 0 Å². The van der Waals surface area contributed by atoms with E-state index >= 15 is 0 Å². The quantitative estimate of drug-likeness (QED) is 0.400. The largest absolute Gasteiger partial charge is 0.358 e. The SMILES string of the molecule is CCCCCCC(N)(CCCCCC)OCC[O]. The van der Waals surface area contributed by atoms with Gasteiger partial charge in [0.25, 0.3) is 0 Å². The highest BCUT2D eigenvalue weighted by atomic mass is 16.5. The maximum atomic E-state index is 10.5. The van der Waals surface area contributed by atoms with Crippen LogP contribution in [-0.4, -0.2) is 18.9 Å². The molecule has 3 nitrogen and oxygen atoms in total. The summed E-state index contributed by atoms with van der Waals surface area (Å²) in [5, 5.41) is 10.5. The van der Waals surface area contributed by atoms with Gasteiger partial charge in [0.1, 0.15) is 12.3 Å². The highest BCUT2D eigenvalue weighted by molar-refractivity contribution is 4.73. The molecule has 0 aliphatic heterocycles. The van der Waals surface area contributed by atoms with Crippen molar-refractivity contribution in [3.05, 3.63) is 0 Å². The van der Waals surface area contributed by atoms with Crippen molar-refractivity contribution in [2.75, 3.05) is 13.2 Å². The van der Waals surface area contributed by atoms with Gasteiger partial charge in [0.2, 0.25) is 0 Å². The van der Waals surface area contributed by atoms with Gasteiger partial charge in [-0.15, -0.1) is 0 Å². The Balaban J connectivity index is 3.90. The van der Waals surface area contributed by atoms with Crippen LogP contribution in [-0.2, 0) is 9.84 Å². The summed E-state index contributed by atoms with van der Waals surface area (Å²) in [5.74, 6) is 0. The Bertz CT molecular complexity index is 162. The summed E-state index contributed by atoms with van der Waals surface area (Å²) in [6.45, 7) is 4.46. The molecule has 0 bridgehead atoms. The number of unbranched alkanes of at least 4 members (excludes halogenated alkanes) is 6. The number of hydrogen-bond acceptors (Lipinski definition) is 2. The lowest BCUT2D eigenvalue weighted by molar-refractivity contribution is -0.0749. The van der Waals surface area contributed by atoms with E-state index in [9.17, 15) is 5.11 Å². The van der Waals surface area contributed by atoms with Crippen LogP contribution in [0.5, 0.6) is 0 Å². The molecular formula is C15H32NO2. The Morgan fingerprint density at radius 2 is 1.39 bits per heavy atom. The first-order chi connectivity index (χ1) is 8.68. The van der Waals surface area contributed by atoms with E-state index in [2.05, 4.69) is 13.8 Å². The Morgan fingerprint density at radius 1 is 0.889 bits per heavy atom. The maximum Gasteiger partial charge on any atom is 0.116 e. The van der Waals surface area contributed by atoms with Crippen LogP contribution in [0.25, 0.3) is 0 Å². The molecule has 0 heterocycles. The second kappa shape index (κ2) is 11.9. The summed E-state index contributed by atoms with van der Waals surface area (Å²) in [5.41, 5.74) is 5.74. The molecule has 0 atom stereocenters. The maximum absolute atomic E-state index is 10.5. The van der Waals surface area contributed by atoms with Crippen LogP contribution in [0.3, 0.4) is 0 Å². The zero-order chi connectivity index (χ0) is 13.7. The molecule has 0 rings (SSSR count). The molecule has 1 radical (unpaired) electrons. The normalized spacial score (nSPS) is 12.0. The number of nitrogens with two attached hydrogens (primary N) is 1. The molecule has 2 N–H and O–H groups in total. The molecule has 0 saturated heterocycles. The molecule has 0 aliphatic carbocycles. The number of rotatable bonds is 13. The molecule has 0 amide bonds. The highest BCUT2D eigenvalue weighted by Crippen LogP contribution is 2.22. The van der Waals surface area contributed by atoms with Gasteiger partial charge in [-0.3, -0.25) is 0 Å². The third-order valence-corrected chi connectivity index (χ3v) is 3.38. The minimum Gasteiger partial charge on any atom is -0.358 e. The molecule has 0 aromatic rings. The van der Waals surface area contributed by atoms with E-state index in [0.717, 1.165) is 25.7 Å². The summed E-state index contributed by atoms with van der Waals surface area (Å²) in [4.78, 5) is 0. The van der Waals surface area contributed by atoms with Crippen molar-refractivity contribution in [2.24, 2.45) is 5.73 Å². The predicted octanol–water partition coefficient (Wildman–Crippen LogP) is 4.03. The number of ether oxygens (including phenoxy) is 1. The lowest BCUT2D eigenvalue weighted by atomic mass is 9.98. The standard InChI is InChI=1S/C15H32NO2/c1-3-5-7-9-11-15(16,18-14-13-17)12-10-8-6-4-2/h3-14,16H2,1-2H3. The smallest absolute Gasteiger partial charge is 0.116 e. The molecule has 0 unspecified atom stereocenters. The first kappa shape index (κ1) is 17.9. The summed E-state index contributed by atoms with van der Waals surface area (Å²) >= 11 is 0. The summed E-state index contributed by atoms with van der Waals surface area (Å²) in [7, 11) is 0. The molecule has 0 spiro atoms. The lowest BCUT2D eigenvalue weighted by Crippen LogP contribution is -2.43. The van der Waals surface area contributed by atoms with Crippen molar-refractivity contribution in [3.63, 3.8) is 0 Å². The Hall–Kier alpha value is -0.120. The van der Waals surface area contributed by atoms with Crippen LogP contribution in [0, 0.1) is 0 Å².